The van der Waals surface area contributed by atoms with E-state index in [4.69, 9.17) is 4.42 Å². The van der Waals surface area contributed by atoms with Crippen LogP contribution in [0, 0.1) is 5.92 Å². The quantitative estimate of drug-likeness (QED) is 0.824. The monoisotopic (exact) mass is 223 g/mol. The van der Waals surface area contributed by atoms with Gasteiger partial charge in [0.05, 0.1) is 18.9 Å². The van der Waals surface area contributed by atoms with Crippen molar-refractivity contribution in [1.82, 2.24) is 5.32 Å². The number of hydrogen-bond donors (Lipinski definition) is 2. The third-order valence-corrected chi connectivity index (χ3v) is 3.52. The highest BCUT2D eigenvalue weighted by molar-refractivity contribution is 5.04. The summed E-state index contributed by atoms with van der Waals surface area (Å²) in [6.07, 6.45) is 6.64. The number of nitrogens with one attached hydrogen (secondary N) is 1. The van der Waals surface area contributed by atoms with Crippen molar-refractivity contribution >= 4 is 0 Å². The van der Waals surface area contributed by atoms with E-state index in [0.717, 1.165) is 11.7 Å². The molecule has 90 valence electrons. The third-order valence-electron chi connectivity index (χ3n) is 3.52. The molecule has 1 unspecified atom stereocenters. The first-order valence-electron chi connectivity index (χ1n) is 6.20. The Morgan fingerprint density at radius 2 is 2.19 bits per heavy atom. The zero-order chi connectivity index (χ0) is 11.4. The van der Waals surface area contributed by atoms with E-state index in [9.17, 15) is 5.11 Å². The van der Waals surface area contributed by atoms with Gasteiger partial charge < -0.3 is 14.8 Å². The molecule has 0 saturated heterocycles. The molecule has 1 aromatic rings. The molecule has 0 spiro atoms. The number of furan rings is 1. The van der Waals surface area contributed by atoms with Crippen LogP contribution in [0.4, 0.5) is 0 Å². The van der Waals surface area contributed by atoms with Gasteiger partial charge in [-0.3, -0.25) is 0 Å². The van der Waals surface area contributed by atoms with Crippen LogP contribution in [0.5, 0.6) is 0 Å². The van der Waals surface area contributed by atoms with Gasteiger partial charge in [-0.05, 0) is 43.7 Å². The summed E-state index contributed by atoms with van der Waals surface area (Å²) >= 11 is 0. The molecule has 3 heteroatoms. The number of hydrogen-bond acceptors (Lipinski definition) is 3. The Morgan fingerprint density at radius 1 is 1.44 bits per heavy atom. The lowest BCUT2D eigenvalue weighted by atomic mass is 9.87. The van der Waals surface area contributed by atoms with Gasteiger partial charge >= 0.3 is 0 Å². The minimum atomic E-state index is -0.0478. The molecule has 3 nitrogen and oxygen atoms in total. The van der Waals surface area contributed by atoms with Crippen LogP contribution < -0.4 is 5.32 Å². The van der Waals surface area contributed by atoms with Crippen LogP contribution >= 0.6 is 0 Å². The van der Waals surface area contributed by atoms with E-state index in [0.29, 0.717) is 6.04 Å². The van der Waals surface area contributed by atoms with Crippen LogP contribution in [0.15, 0.2) is 22.8 Å². The van der Waals surface area contributed by atoms with Gasteiger partial charge in [-0.25, -0.2) is 0 Å². The van der Waals surface area contributed by atoms with Crippen molar-refractivity contribution in [2.45, 2.75) is 44.7 Å². The van der Waals surface area contributed by atoms with E-state index >= 15 is 0 Å². The summed E-state index contributed by atoms with van der Waals surface area (Å²) in [5, 5.41) is 12.8. The van der Waals surface area contributed by atoms with Gasteiger partial charge in [0.2, 0.25) is 0 Å². The van der Waals surface area contributed by atoms with Crippen LogP contribution in [0.1, 0.15) is 44.4 Å². The predicted molar refractivity (Wildman–Crippen MR) is 63.1 cm³/mol. The first-order chi connectivity index (χ1) is 7.79. The molecule has 0 aliphatic heterocycles. The minimum absolute atomic E-state index is 0.0478. The number of aliphatic hydroxyl groups excluding tert-OH is 1. The number of rotatable bonds is 4. The van der Waals surface area contributed by atoms with E-state index < -0.39 is 0 Å². The second kappa shape index (κ2) is 5.51. The Bertz CT molecular complexity index is 289. The van der Waals surface area contributed by atoms with Crippen molar-refractivity contribution in [2.24, 2.45) is 5.92 Å². The van der Waals surface area contributed by atoms with Gasteiger partial charge in [0.1, 0.15) is 5.76 Å². The molecule has 1 aliphatic carbocycles. The topological polar surface area (TPSA) is 45.4 Å². The van der Waals surface area contributed by atoms with Crippen molar-refractivity contribution in [3.8, 4) is 0 Å². The van der Waals surface area contributed by atoms with Crippen molar-refractivity contribution in [1.29, 1.82) is 0 Å². The van der Waals surface area contributed by atoms with Crippen molar-refractivity contribution in [3.05, 3.63) is 24.2 Å². The standard InChI is InChI=1S/C13H21NO2/c1-10-4-6-11(7-5-10)14-12(9-15)13-3-2-8-16-13/h2-3,8,10-12,14-15H,4-7,9H2,1H3. The summed E-state index contributed by atoms with van der Waals surface area (Å²) in [5.41, 5.74) is 0. The third kappa shape index (κ3) is 2.86. The Balaban J connectivity index is 1.87. The first-order valence-corrected chi connectivity index (χ1v) is 6.20. The number of aliphatic hydroxyl groups is 1. The van der Waals surface area contributed by atoms with Gasteiger partial charge in [-0.15, -0.1) is 0 Å². The van der Waals surface area contributed by atoms with Gasteiger partial charge in [0.25, 0.3) is 0 Å². The molecule has 0 aromatic carbocycles. The fraction of sp³-hybridized carbons (Fsp3) is 0.692. The van der Waals surface area contributed by atoms with Gasteiger partial charge in [-0.1, -0.05) is 6.92 Å². The largest absolute Gasteiger partial charge is 0.468 e. The Hall–Kier alpha value is -0.800. The first kappa shape index (κ1) is 11.7. The van der Waals surface area contributed by atoms with Gasteiger partial charge in [0, 0.05) is 6.04 Å². The summed E-state index contributed by atoms with van der Waals surface area (Å²) in [4.78, 5) is 0. The second-order valence-electron chi connectivity index (χ2n) is 4.87. The highest BCUT2D eigenvalue weighted by atomic mass is 16.3. The molecule has 1 fully saturated rings. The molecule has 16 heavy (non-hydrogen) atoms. The highest BCUT2D eigenvalue weighted by Gasteiger charge is 2.22. The summed E-state index contributed by atoms with van der Waals surface area (Å²) in [5.74, 6) is 1.69. The van der Waals surface area contributed by atoms with Crippen LogP contribution in [0.2, 0.25) is 0 Å². The molecule has 1 saturated carbocycles. The average molecular weight is 223 g/mol. The maximum absolute atomic E-state index is 9.36. The molecule has 0 amide bonds. The average Bonchev–Trinajstić information content (AvgIpc) is 2.82. The molecule has 1 aromatic heterocycles. The molecular formula is C13H21NO2. The smallest absolute Gasteiger partial charge is 0.123 e. The highest BCUT2D eigenvalue weighted by Crippen LogP contribution is 2.25. The summed E-state index contributed by atoms with van der Waals surface area (Å²) in [7, 11) is 0. The van der Waals surface area contributed by atoms with Crippen LogP contribution in [0.25, 0.3) is 0 Å². The molecular weight excluding hydrogens is 202 g/mol. The molecule has 0 bridgehead atoms. The molecule has 1 heterocycles. The Morgan fingerprint density at radius 3 is 2.75 bits per heavy atom. The minimum Gasteiger partial charge on any atom is -0.468 e. The molecule has 2 N–H and O–H groups in total. The molecule has 2 rings (SSSR count). The molecule has 0 radical (unpaired) electrons. The fourth-order valence-corrected chi connectivity index (χ4v) is 2.43. The summed E-state index contributed by atoms with van der Waals surface area (Å²) in [6.45, 7) is 2.41. The molecule has 1 aliphatic rings. The van der Waals surface area contributed by atoms with Crippen molar-refractivity contribution < 1.29 is 9.52 Å². The van der Waals surface area contributed by atoms with E-state index in [1.54, 1.807) is 6.26 Å². The van der Waals surface area contributed by atoms with Crippen LogP contribution in [-0.4, -0.2) is 17.8 Å². The maximum Gasteiger partial charge on any atom is 0.123 e. The van der Waals surface area contributed by atoms with Crippen LogP contribution in [0.3, 0.4) is 0 Å². The van der Waals surface area contributed by atoms with E-state index in [-0.39, 0.29) is 12.6 Å². The van der Waals surface area contributed by atoms with Gasteiger partial charge in [0.15, 0.2) is 0 Å². The van der Waals surface area contributed by atoms with E-state index in [1.807, 2.05) is 12.1 Å². The maximum atomic E-state index is 9.36. The molecule has 1 atom stereocenters. The summed E-state index contributed by atoms with van der Waals surface area (Å²) < 4.78 is 5.33. The normalized spacial score (nSPS) is 27.9. The Labute approximate surface area is 96.8 Å². The van der Waals surface area contributed by atoms with Gasteiger partial charge in [-0.2, -0.15) is 0 Å². The second-order valence-corrected chi connectivity index (χ2v) is 4.87. The predicted octanol–water partition coefficient (Wildman–Crippen LogP) is 2.48. The zero-order valence-corrected chi connectivity index (χ0v) is 9.86. The lowest BCUT2D eigenvalue weighted by Gasteiger charge is -2.29. The Kier molecular flexibility index (Phi) is 4.02. The van der Waals surface area contributed by atoms with Crippen molar-refractivity contribution in [3.63, 3.8) is 0 Å². The van der Waals surface area contributed by atoms with E-state index in [2.05, 4.69) is 12.2 Å². The lowest BCUT2D eigenvalue weighted by molar-refractivity contribution is 0.195. The van der Waals surface area contributed by atoms with Crippen molar-refractivity contribution in [2.75, 3.05) is 6.61 Å². The zero-order valence-electron chi connectivity index (χ0n) is 9.86. The fourth-order valence-electron chi connectivity index (χ4n) is 2.43. The van der Waals surface area contributed by atoms with E-state index in [1.165, 1.54) is 25.7 Å². The SMILES string of the molecule is CC1CCC(NC(CO)c2ccco2)CC1. The summed E-state index contributed by atoms with van der Waals surface area (Å²) in [6, 6.07) is 4.26. The lowest BCUT2D eigenvalue weighted by Crippen LogP contribution is -2.37. The van der Waals surface area contributed by atoms with Crippen LogP contribution in [-0.2, 0) is 0 Å².